The SMILES string of the molecule is O=[N+]([O-])c1ccc(C2CC2)c(/N=C(\Cl)C(F)(F)F)c1. The van der Waals surface area contributed by atoms with Crippen molar-refractivity contribution in [2.24, 2.45) is 4.99 Å². The number of rotatable bonds is 3. The molecule has 0 heterocycles. The van der Waals surface area contributed by atoms with E-state index in [2.05, 4.69) is 4.99 Å². The fourth-order valence-corrected chi connectivity index (χ4v) is 1.74. The molecule has 0 radical (unpaired) electrons. The molecule has 1 saturated carbocycles. The summed E-state index contributed by atoms with van der Waals surface area (Å²) in [6.45, 7) is 0. The first-order chi connectivity index (χ1) is 8.79. The highest BCUT2D eigenvalue weighted by molar-refractivity contribution is 6.67. The second-order valence-electron chi connectivity index (χ2n) is 4.17. The van der Waals surface area contributed by atoms with E-state index in [-0.39, 0.29) is 17.3 Å². The maximum Gasteiger partial charge on any atom is 0.444 e. The van der Waals surface area contributed by atoms with Gasteiger partial charge in [0.2, 0.25) is 5.17 Å². The van der Waals surface area contributed by atoms with Crippen molar-refractivity contribution in [2.75, 3.05) is 0 Å². The molecule has 102 valence electrons. The zero-order valence-electron chi connectivity index (χ0n) is 9.45. The molecule has 1 aliphatic rings. The summed E-state index contributed by atoms with van der Waals surface area (Å²) < 4.78 is 37.0. The maximum absolute atomic E-state index is 12.3. The molecule has 0 N–H and O–H groups in total. The standard InChI is InChI=1S/C11H8ClF3N2O2/c12-10(11(13,14)15)16-9-5-7(17(18)19)3-4-8(9)6-1-2-6/h3-6H,1-2H2/b16-10-. The number of nitrogens with zero attached hydrogens (tertiary/aromatic N) is 2. The minimum absolute atomic E-state index is 0.0842. The van der Waals surface area contributed by atoms with Crippen LogP contribution in [-0.2, 0) is 0 Å². The topological polar surface area (TPSA) is 55.5 Å². The summed E-state index contributed by atoms with van der Waals surface area (Å²) >= 11 is 5.08. The number of alkyl halides is 3. The van der Waals surface area contributed by atoms with E-state index in [4.69, 9.17) is 11.6 Å². The lowest BCUT2D eigenvalue weighted by atomic mass is 10.1. The number of halogens is 4. The Morgan fingerprint density at radius 3 is 2.53 bits per heavy atom. The van der Waals surface area contributed by atoms with Crippen LogP contribution in [0.2, 0.25) is 0 Å². The molecule has 0 bridgehead atoms. The fraction of sp³-hybridized carbons (Fsp3) is 0.364. The number of nitro benzene ring substituents is 1. The van der Waals surface area contributed by atoms with Crippen LogP contribution in [0.3, 0.4) is 0 Å². The quantitative estimate of drug-likeness (QED) is 0.474. The van der Waals surface area contributed by atoms with Crippen molar-refractivity contribution < 1.29 is 18.1 Å². The summed E-state index contributed by atoms with van der Waals surface area (Å²) in [5.74, 6) is 0.109. The van der Waals surface area contributed by atoms with Crippen molar-refractivity contribution in [3.8, 4) is 0 Å². The van der Waals surface area contributed by atoms with Gasteiger partial charge in [-0.2, -0.15) is 13.2 Å². The first kappa shape index (κ1) is 13.8. The largest absolute Gasteiger partial charge is 0.444 e. The number of non-ortho nitro benzene ring substituents is 1. The molecule has 0 atom stereocenters. The van der Waals surface area contributed by atoms with Crippen LogP contribution in [0.25, 0.3) is 0 Å². The molecule has 0 aliphatic heterocycles. The van der Waals surface area contributed by atoms with Crippen LogP contribution in [0.5, 0.6) is 0 Å². The molecule has 1 aliphatic carbocycles. The van der Waals surface area contributed by atoms with E-state index in [1.54, 1.807) is 0 Å². The fourth-order valence-electron chi connectivity index (χ4n) is 1.65. The molecular weight excluding hydrogens is 285 g/mol. The summed E-state index contributed by atoms with van der Waals surface area (Å²) in [6.07, 6.45) is -3.08. The van der Waals surface area contributed by atoms with Crippen molar-refractivity contribution in [1.29, 1.82) is 0 Å². The first-order valence-corrected chi connectivity index (χ1v) is 5.76. The zero-order chi connectivity index (χ0) is 14.2. The van der Waals surface area contributed by atoms with Gasteiger partial charge in [-0.1, -0.05) is 11.6 Å². The number of aliphatic imine (C=N–C) groups is 1. The molecule has 1 fully saturated rings. The Balaban J connectivity index is 2.46. The van der Waals surface area contributed by atoms with Crippen LogP contribution in [0, 0.1) is 10.1 Å². The smallest absolute Gasteiger partial charge is 0.258 e. The van der Waals surface area contributed by atoms with Gasteiger partial charge in [-0.3, -0.25) is 10.1 Å². The Labute approximate surface area is 111 Å². The minimum Gasteiger partial charge on any atom is -0.258 e. The van der Waals surface area contributed by atoms with Gasteiger partial charge in [0.05, 0.1) is 10.6 Å². The molecule has 2 rings (SSSR count). The third kappa shape index (κ3) is 3.23. The van der Waals surface area contributed by atoms with Gasteiger partial charge in [0.25, 0.3) is 5.69 Å². The van der Waals surface area contributed by atoms with E-state index in [1.807, 2.05) is 0 Å². The van der Waals surface area contributed by atoms with E-state index in [0.29, 0.717) is 5.56 Å². The lowest BCUT2D eigenvalue weighted by Crippen LogP contribution is -2.16. The van der Waals surface area contributed by atoms with Gasteiger partial charge in [0.1, 0.15) is 0 Å². The summed E-state index contributed by atoms with van der Waals surface area (Å²) in [4.78, 5) is 13.2. The van der Waals surface area contributed by atoms with Crippen LogP contribution in [0.4, 0.5) is 24.5 Å². The Morgan fingerprint density at radius 2 is 2.05 bits per heavy atom. The van der Waals surface area contributed by atoms with Gasteiger partial charge < -0.3 is 0 Å². The summed E-state index contributed by atoms with van der Waals surface area (Å²) in [7, 11) is 0. The lowest BCUT2D eigenvalue weighted by molar-refractivity contribution is -0.384. The van der Waals surface area contributed by atoms with Gasteiger partial charge in [-0.25, -0.2) is 4.99 Å². The molecule has 4 nitrogen and oxygen atoms in total. The van der Waals surface area contributed by atoms with E-state index in [0.717, 1.165) is 18.9 Å². The Hall–Kier alpha value is -1.63. The maximum atomic E-state index is 12.3. The van der Waals surface area contributed by atoms with Crippen LogP contribution in [-0.4, -0.2) is 16.3 Å². The van der Waals surface area contributed by atoms with Gasteiger partial charge in [-0.15, -0.1) is 0 Å². The van der Waals surface area contributed by atoms with Crippen LogP contribution >= 0.6 is 11.6 Å². The summed E-state index contributed by atoms with van der Waals surface area (Å²) in [5.41, 5.74) is 0.168. The van der Waals surface area contributed by atoms with Crippen LogP contribution < -0.4 is 0 Å². The third-order valence-electron chi connectivity index (χ3n) is 2.69. The Bertz CT molecular complexity index is 553. The molecule has 8 heteroatoms. The van der Waals surface area contributed by atoms with E-state index in [1.165, 1.54) is 12.1 Å². The van der Waals surface area contributed by atoms with Crippen molar-refractivity contribution in [2.45, 2.75) is 24.9 Å². The van der Waals surface area contributed by atoms with Gasteiger partial charge in [0.15, 0.2) is 0 Å². The third-order valence-corrected chi connectivity index (χ3v) is 2.99. The average Bonchev–Trinajstić information content (AvgIpc) is 3.11. The monoisotopic (exact) mass is 292 g/mol. The molecule has 0 spiro atoms. The second-order valence-corrected chi connectivity index (χ2v) is 4.53. The van der Waals surface area contributed by atoms with Crippen LogP contribution in [0.15, 0.2) is 23.2 Å². The number of benzene rings is 1. The van der Waals surface area contributed by atoms with Gasteiger partial charge >= 0.3 is 6.18 Å². The van der Waals surface area contributed by atoms with Gasteiger partial charge in [0, 0.05) is 12.1 Å². The highest BCUT2D eigenvalue weighted by Gasteiger charge is 2.35. The molecule has 1 aromatic carbocycles. The Morgan fingerprint density at radius 1 is 1.42 bits per heavy atom. The van der Waals surface area contributed by atoms with Crippen molar-refractivity contribution >= 4 is 28.1 Å². The van der Waals surface area contributed by atoms with Crippen molar-refractivity contribution in [3.05, 3.63) is 33.9 Å². The molecule has 19 heavy (non-hydrogen) atoms. The normalized spacial score (nSPS) is 16.5. The molecular formula is C11H8ClF3N2O2. The zero-order valence-corrected chi connectivity index (χ0v) is 10.2. The summed E-state index contributed by atoms with van der Waals surface area (Å²) in [5, 5.41) is 9.10. The molecule has 0 unspecified atom stereocenters. The highest BCUT2D eigenvalue weighted by Crippen LogP contribution is 2.45. The number of hydrogen-bond donors (Lipinski definition) is 0. The Kier molecular flexibility index (Phi) is 3.49. The predicted molar refractivity (Wildman–Crippen MR) is 64.1 cm³/mol. The average molecular weight is 293 g/mol. The lowest BCUT2D eigenvalue weighted by Gasteiger charge is -2.07. The molecule has 1 aromatic rings. The highest BCUT2D eigenvalue weighted by atomic mass is 35.5. The van der Waals surface area contributed by atoms with E-state index in [9.17, 15) is 23.3 Å². The second kappa shape index (κ2) is 4.80. The van der Waals surface area contributed by atoms with Crippen molar-refractivity contribution in [1.82, 2.24) is 0 Å². The summed E-state index contributed by atoms with van der Waals surface area (Å²) in [6, 6.07) is 3.71. The predicted octanol–water partition coefficient (Wildman–Crippen LogP) is 4.30. The van der Waals surface area contributed by atoms with Crippen molar-refractivity contribution in [3.63, 3.8) is 0 Å². The van der Waals surface area contributed by atoms with E-state index < -0.39 is 16.3 Å². The first-order valence-electron chi connectivity index (χ1n) is 5.39. The van der Waals surface area contributed by atoms with Gasteiger partial charge in [-0.05, 0) is 30.4 Å². The van der Waals surface area contributed by atoms with E-state index >= 15 is 0 Å². The minimum atomic E-state index is -4.76. The molecule has 0 aromatic heterocycles. The number of hydrogen-bond acceptors (Lipinski definition) is 3. The molecule has 0 amide bonds. The van der Waals surface area contributed by atoms with Crippen LogP contribution in [0.1, 0.15) is 24.3 Å². The number of nitro groups is 1. The molecule has 0 saturated heterocycles.